The zero-order chi connectivity index (χ0) is 12.5. The van der Waals surface area contributed by atoms with Crippen LogP contribution in [-0.4, -0.2) is 23.8 Å². The molecule has 0 bridgehead atoms. The molecule has 5 nitrogen and oxygen atoms in total. The maximum absolute atomic E-state index is 12.0. The van der Waals surface area contributed by atoms with Crippen molar-refractivity contribution < 1.29 is 8.42 Å². The van der Waals surface area contributed by atoms with E-state index in [1.165, 1.54) is 0 Å². The summed E-state index contributed by atoms with van der Waals surface area (Å²) in [6.45, 7) is 4.03. The molecule has 0 saturated heterocycles. The third-order valence-electron chi connectivity index (χ3n) is 1.58. The van der Waals surface area contributed by atoms with Crippen LogP contribution >= 0.6 is 6.49 Å². The Morgan fingerprint density at radius 1 is 1.33 bits per heavy atom. The molecule has 0 saturated carbocycles. The minimum absolute atomic E-state index is 0.0249. The van der Waals surface area contributed by atoms with Gasteiger partial charge in [-0.15, -0.1) is 4.08 Å². The number of rotatable bonds is 4. The van der Waals surface area contributed by atoms with Gasteiger partial charge in [-0.05, 0) is 39.0 Å². The van der Waals surface area contributed by atoms with Crippen molar-refractivity contribution in [3.63, 3.8) is 0 Å². The lowest BCUT2D eigenvalue weighted by atomic mass is 10.1. The Balaban J connectivity index is 5.44. The minimum atomic E-state index is -3.46. The summed E-state index contributed by atoms with van der Waals surface area (Å²) in [5, 5.41) is 0. The topological polar surface area (TPSA) is 89.4 Å². The van der Waals surface area contributed by atoms with Crippen LogP contribution in [0.4, 0.5) is 0 Å². The fourth-order valence-electron chi connectivity index (χ4n) is 1.42. The summed E-state index contributed by atoms with van der Waals surface area (Å²) < 4.78 is 25.0. The molecule has 0 aliphatic heterocycles. The molecule has 0 radical (unpaired) electrons. The van der Waals surface area contributed by atoms with Crippen molar-refractivity contribution in [2.45, 2.75) is 39.7 Å². The van der Waals surface area contributed by atoms with E-state index in [9.17, 15) is 8.42 Å². The summed E-state index contributed by atoms with van der Waals surface area (Å²) in [6, 6.07) is 0. The molecule has 0 aromatic rings. The predicted octanol–water partition coefficient (Wildman–Crippen LogP) is 0.969. The molecule has 8 heteroatoms. The van der Waals surface area contributed by atoms with Gasteiger partial charge in [0.1, 0.15) is 6.49 Å². The fraction of sp³-hybridized carbons (Fsp3) is 1.00. The molecule has 0 fully saturated rings. The molecular formula is C7H20N3O2PS2. The highest BCUT2D eigenvalue weighted by Crippen LogP contribution is 2.42. The summed E-state index contributed by atoms with van der Waals surface area (Å²) in [4.78, 5) is 0. The Morgan fingerprint density at radius 2 is 1.73 bits per heavy atom. The van der Waals surface area contributed by atoms with Gasteiger partial charge in [-0.3, -0.25) is 11.0 Å². The second kappa shape index (κ2) is 4.77. The van der Waals surface area contributed by atoms with Crippen molar-refractivity contribution >= 4 is 28.3 Å². The van der Waals surface area contributed by atoms with Crippen LogP contribution in [0.1, 0.15) is 34.1 Å². The third kappa shape index (κ3) is 4.46. The zero-order valence-electron chi connectivity index (χ0n) is 9.60. The lowest BCUT2D eigenvalue weighted by molar-refractivity contribution is 0.368. The van der Waals surface area contributed by atoms with E-state index in [1.54, 1.807) is 27.7 Å². The Labute approximate surface area is 97.4 Å². The van der Waals surface area contributed by atoms with Crippen LogP contribution < -0.4 is 11.0 Å². The van der Waals surface area contributed by atoms with E-state index >= 15 is 0 Å². The van der Waals surface area contributed by atoms with Gasteiger partial charge < -0.3 is 0 Å². The van der Waals surface area contributed by atoms with Gasteiger partial charge in [-0.1, -0.05) is 6.92 Å². The number of sulfonamides is 1. The Kier molecular flexibility index (Phi) is 4.93. The second-order valence-electron chi connectivity index (χ2n) is 4.40. The zero-order valence-corrected chi connectivity index (χ0v) is 12.1. The first-order chi connectivity index (χ1) is 6.43. The van der Waals surface area contributed by atoms with Gasteiger partial charge in [-0.25, -0.2) is 8.42 Å². The smallest absolute Gasteiger partial charge is 0.220 e. The molecule has 92 valence electrons. The van der Waals surface area contributed by atoms with Crippen molar-refractivity contribution in [3.8, 4) is 0 Å². The maximum atomic E-state index is 12.0. The molecule has 0 aromatic heterocycles. The van der Waals surface area contributed by atoms with Crippen LogP contribution in [0.5, 0.6) is 0 Å². The number of nitrogens with two attached hydrogens (primary N) is 2. The van der Waals surface area contributed by atoms with Crippen LogP contribution in [0.3, 0.4) is 0 Å². The molecule has 0 aromatic carbocycles. The van der Waals surface area contributed by atoms with Crippen LogP contribution in [0.25, 0.3) is 0 Å². The van der Waals surface area contributed by atoms with Gasteiger partial charge in [0, 0.05) is 5.54 Å². The van der Waals surface area contributed by atoms with Crippen molar-refractivity contribution in [1.82, 2.24) is 4.08 Å². The summed E-state index contributed by atoms with van der Waals surface area (Å²) >= 11 is 4.93. The average molecular weight is 273 g/mol. The predicted molar refractivity (Wildman–Crippen MR) is 68.3 cm³/mol. The van der Waals surface area contributed by atoms with E-state index in [4.69, 9.17) is 22.8 Å². The second-order valence-corrected chi connectivity index (χ2v) is 10.1. The maximum Gasteiger partial charge on any atom is 0.220 e. The standard InChI is InChI=1S/C7H20N3O2PS2/c1-5-6-15(11,12)10(7(2,3)4)13(8,9)14/h5-6H2,1-4H3,(H4,8,9,14). The van der Waals surface area contributed by atoms with Crippen LogP contribution in [0.2, 0.25) is 0 Å². The monoisotopic (exact) mass is 273 g/mol. The Hall–Kier alpha value is 0.480. The minimum Gasteiger partial charge on any atom is -0.279 e. The summed E-state index contributed by atoms with van der Waals surface area (Å²) in [6.07, 6.45) is 0.518. The Bertz CT molecular complexity index is 355. The van der Waals surface area contributed by atoms with E-state index in [-0.39, 0.29) is 5.75 Å². The molecule has 0 spiro atoms. The van der Waals surface area contributed by atoms with Crippen LogP contribution in [0.15, 0.2) is 0 Å². The number of nitrogens with zero attached hydrogens (tertiary/aromatic N) is 1. The fourth-order valence-corrected chi connectivity index (χ4v) is 7.34. The van der Waals surface area contributed by atoms with E-state index in [0.717, 1.165) is 4.08 Å². The van der Waals surface area contributed by atoms with Crippen molar-refractivity contribution in [1.29, 1.82) is 0 Å². The first-order valence-corrected chi connectivity index (χ1v) is 9.14. The average Bonchev–Trinajstić information content (AvgIpc) is 1.75. The van der Waals surface area contributed by atoms with E-state index in [2.05, 4.69) is 0 Å². The molecular weight excluding hydrogens is 253 g/mol. The summed E-state index contributed by atoms with van der Waals surface area (Å²) in [5.41, 5.74) is 10.6. The molecule has 0 rings (SSSR count). The molecule has 0 unspecified atom stereocenters. The largest absolute Gasteiger partial charge is 0.279 e. The van der Waals surface area contributed by atoms with Gasteiger partial charge in [0.2, 0.25) is 10.0 Å². The van der Waals surface area contributed by atoms with Crippen molar-refractivity contribution in [2.75, 3.05) is 5.75 Å². The van der Waals surface area contributed by atoms with Gasteiger partial charge in [0.05, 0.1) is 5.75 Å². The van der Waals surface area contributed by atoms with Gasteiger partial charge in [0.25, 0.3) is 0 Å². The number of hydrogen-bond donors (Lipinski definition) is 2. The molecule has 0 heterocycles. The van der Waals surface area contributed by atoms with E-state index in [1.807, 2.05) is 0 Å². The highest BCUT2D eigenvalue weighted by atomic mass is 32.5. The Morgan fingerprint density at radius 3 is 1.93 bits per heavy atom. The van der Waals surface area contributed by atoms with Gasteiger partial charge >= 0.3 is 0 Å². The molecule has 0 aliphatic carbocycles. The van der Waals surface area contributed by atoms with Gasteiger partial charge in [0.15, 0.2) is 0 Å². The van der Waals surface area contributed by atoms with Crippen molar-refractivity contribution in [2.24, 2.45) is 11.0 Å². The molecule has 15 heavy (non-hydrogen) atoms. The van der Waals surface area contributed by atoms with E-state index in [0.29, 0.717) is 6.42 Å². The highest BCUT2D eigenvalue weighted by molar-refractivity contribution is 8.15. The van der Waals surface area contributed by atoms with Crippen LogP contribution in [-0.2, 0) is 21.8 Å². The lowest BCUT2D eigenvalue weighted by Crippen LogP contribution is -2.47. The molecule has 0 aliphatic rings. The molecule has 0 atom stereocenters. The molecule has 0 amide bonds. The molecule has 4 N–H and O–H groups in total. The first-order valence-electron chi connectivity index (χ1n) is 4.63. The summed E-state index contributed by atoms with van der Waals surface area (Å²) in [7, 11) is -3.46. The third-order valence-corrected chi connectivity index (χ3v) is 7.11. The summed E-state index contributed by atoms with van der Waals surface area (Å²) in [5.74, 6) is 0.0249. The quantitative estimate of drug-likeness (QED) is 0.745. The van der Waals surface area contributed by atoms with Gasteiger partial charge in [-0.2, -0.15) is 0 Å². The number of hydrogen-bond acceptors (Lipinski definition) is 3. The SMILES string of the molecule is CCCS(=O)(=O)N(C(C)(C)C)P(N)(N)=S. The first kappa shape index (κ1) is 15.5. The van der Waals surface area contributed by atoms with Crippen LogP contribution in [0, 0.1) is 0 Å². The normalized spacial score (nSPS) is 14.6. The highest BCUT2D eigenvalue weighted by Gasteiger charge is 2.38. The van der Waals surface area contributed by atoms with Crippen molar-refractivity contribution in [3.05, 3.63) is 0 Å². The lowest BCUT2D eigenvalue weighted by Gasteiger charge is -2.38. The van der Waals surface area contributed by atoms with E-state index < -0.39 is 22.1 Å².